The van der Waals surface area contributed by atoms with Gasteiger partial charge >= 0.3 is 0 Å². The molecule has 2 aromatic rings. The lowest BCUT2D eigenvalue weighted by molar-refractivity contribution is -0.111. The van der Waals surface area contributed by atoms with Gasteiger partial charge in [-0.05, 0) is 62.2 Å². The maximum Gasteiger partial charge on any atom is 0.251 e. The summed E-state index contributed by atoms with van der Waals surface area (Å²) in [6.45, 7) is 6.56. The highest BCUT2D eigenvalue weighted by molar-refractivity contribution is 6.32. The summed E-state index contributed by atoms with van der Waals surface area (Å²) < 4.78 is 10.8. The van der Waals surface area contributed by atoms with E-state index >= 15 is 0 Å². The maximum absolute atomic E-state index is 12.4. The second-order valence-corrected chi connectivity index (χ2v) is 6.59. The first-order valence-corrected chi connectivity index (χ1v) is 9.65. The van der Waals surface area contributed by atoms with E-state index in [-0.39, 0.29) is 11.8 Å². The van der Waals surface area contributed by atoms with E-state index in [1.165, 1.54) is 13.2 Å². The first-order valence-electron chi connectivity index (χ1n) is 9.27. The molecule has 0 aliphatic carbocycles. The Labute approximate surface area is 175 Å². The van der Waals surface area contributed by atoms with Crippen LogP contribution < -0.4 is 20.1 Å². The van der Waals surface area contributed by atoms with E-state index < -0.39 is 0 Å². The van der Waals surface area contributed by atoms with E-state index in [1.807, 2.05) is 20.8 Å². The molecule has 0 aliphatic rings. The molecule has 0 unspecified atom stereocenters. The number of anilines is 1. The van der Waals surface area contributed by atoms with Gasteiger partial charge in [-0.3, -0.25) is 9.59 Å². The Morgan fingerprint density at radius 1 is 1.17 bits per heavy atom. The molecule has 0 aromatic heterocycles. The van der Waals surface area contributed by atoms with Crippen LogP contribution in [0.4, 0.5) is 5.69 Å². The van der Waals surface area contributed by atoms with E-state index in [4.69, 9.17) is 21.1 Å². The highest BCUT2D eigenvalue weighted by atomic mass is 35.5. The molecule has 6 nitrogen and oxygen atoms in total. The molecule has 0 saturated heterocycles. The van der Waals surface area contributed by atoms with Crippen LogP contribution >= 0.6 is 11.6 Å². The molecule has 0 spiro atoms. The lowest BCUT2D eigenvalue weighted by atomic mass is 10.1. The van der Waals surface area contributed by atoms with E-state index in [0.29, 0.717) is 46.5 Å². The lowest BCUT2D eigenvalue weighted by Gasteiger charge is -2.12. The topological polar surface area (TPSA) is 76.7 Å². The zero-order valence-electron chi connectivity index (χ0n) is 17.0. The molecule has 0 heterocycles. The quantitative estimate of drug-likeness (QED) is 0.623. The Kier molecular flexibility index (Phi) is 8.09. The van der Waals surface area contributed by atoms with Crippen molar-refractivity contribution in [2.75, 3.05) is 25.6 Å². The SMILES string of the molecule is CCNC(=O)c1ccc(C)c(NC(=O)/C=C/c2cc(Cl)c(OC)c(OCC)c2)c1. The van der Waals surface area contributed by atoms with Crippen molar-refractivity contribution in [2.24, 2.45) is 0 Å². The first kappa shape index (κ1) is 22.3. The Hall–Kier alpha value is -2.99. The van der Waals surface area contributed by atoms with Gasteiger partial charge in [0.15, 0.2) is 11.5 Å². The normalized spacial score (nSPS) is 10.7. The number of carbonyl (C=O) groups is 2. The van der Waals surface area contributed by atoms with Gasteiger partial charge in [0.25, 0.3) is 5.91 Å². The number of carbonyl (C=O) groups excluding carboxylic acids is 2. The van der Waals surface area contributed by atoms with Gasteiger partial charge in [0, 0.05) is 23.9 Å². The third kappa shape index (κ3) is 5.99. The van der Waals surface area contributed by atoms with Gasteiger partial charge in [0.1, 0.15) is 0 Å². The highest BCUT2D eigenvalue weighted by Gasteiger charge is 2.11. The van der Waals surface area contributed by atoms with E-state index in [2.05, 4.69) is 10.6 Å². The lowest BCUT2D eigenvalue weighted by Crippen LogP contribution is -2.23. The zero-order valence-corrected chi connectivity index (χ0v) is 17.7. The third-order valence-corrected chi connectivity index (χ3v) is 4.34. The van der Waals surface area contributed by atoms with Crippen LogP contribution in [0.1, 0.15) is 35.3 Å². The number of ether oxygens (including phenoxy) is 2. The molecule has 0 bridgehead atoms. The molecule has 2 N–H and O–H groups in total. The van der Waals surface area contributed by atoms with Gasteiger partial charge in [-0.25, -0.2) is 0 Å². The minimum Gasteiger partial charge on any atom is -0.491 e. The van der Waals surface area contributed by atoms with Crippen molar-refractivity contribution in [2.45, 2.75) is 20.8 Å². The number of halogens is 1. The van der Waals surface area contributed by atoms with Crippen LogP contribution in [0.25, 0.3) is 6.08 Å². The molecule has 2 rings (SSSR count). The van der Waals surface area contributed by atoms with Gasteiger partial charge in [-0.2, -0.15) is 0 Å². The molecule has 7 heteroatoms. The molecule has 0 radical (unpaired) electrons. The number of methoxy groups -OCH3 is 1. The van der Waals surface area contributed by atoms with Gasteiger partial charge in [-0.1, -0.05) is 17.7 Å². The van der Waals surface area contributed by atoms with Crippen LogP contribution in [0.15, 0.2) is 36.4 Å². The number of hydrogen-bond acceptors (Lipinski definition) is 4. The van der Waals surface area contributed by atoms with E-state index in [1.54, 1.807) is 36.4 Å². The first-order chi connectivity index (χ1) is 13.9. The molecule has 0 aliphatic heterocycles. The number of aryl methyl sites for hydroxylation is 1. The summed E-state index contributed by atoms with van der Waals surface area (Å²) in [4.78, 5) is 24.4. The molecule has 154 valence electrons. The maximum atomic E-state index is 12.4. The summed E-state index contributed by atoms with van der Waals surface area (Å²) in [5, 5.41) is 5.93. The summed E-state index contributed by atoms with van der Waals surface area (Å²) in [6, 6.07) is 8.61. The minimum atomic E-state index is -0.328. The molecular weight excluding hydrogens is 392 g/mol. The summed E-state index contributed by atoms with van der Waals surface area (Å²) in [5.41, 5.74) is 2.61. The Bertz CT molecular complexity index is 925. The van der Waals surface area contributed by atoms with E-state index in [9.17, 15) is 9.59 Å². The molecule has 2 amide bonds. The van der Waals surface area contributed by atoms with Gasteiger partial charge in [-0.15, -0.1) is 0 Å². The van der Waals surface area contributed by atoms with Crippen LogP contribution in [0, 0.1) is 6.92 Å². The van der Waals surface area contributed by atoms with Crippen LogP contribution in [-0.2, 0) is 4.79 Å². The van der Waals surface area contributed by atoms with Crippen molar-refractivity contribution in [1.29, 1.82) is 0 Å². The average molecular weight is 417 g/mol. The van der Waals surface area contributed by atoms with Crippen LogP contribution in [0.2, 0.25) is 5.02 Å². The second-order valence-electron chi connectivity index (χ2n) is 6.18. The van der Waals surface area contributed by atoms with Crippen LogP contribution in [0.3, 0.4) is 0 Å². The largest absolute Gasteiger partial charge is 0.491 e. The van der Waals surface area contributed by atoms with Gasteiger partial charge in [0.2, 0.25) is 5.91 Å². The highest BCUT2D eigenvalue weighted by Crippen LogP contribution is 2.36. The standard InChI is InChI=1S/C22H25ClN2O4/c1-5-24-22(27)16-9-7-14(3)18(13-16)25-20(26)10-8-15-11-17(23)21(28-4)19(12-15)29-6-2/h7-13H,5-6H2,1-4H3,(H,24,27)(H,25,26)/b10-8+. The fraction of sp³-hybridized carbons (Fsp3) is 0.273. The van der Waals surface area contributed by atoms with Gasteiger partial charge in [0.05, 0.1) is 18.7 Å². The van der Waals surface area contributed by atoms with Crippen LogP contribution in [-0.4, -0.2) is 32.1 Å². The van der Waals surface area contributed by atoms with Crippen molar-refractivity contribution in [3.63, 3.8) is 0 Å². The molecule has 29 heavy (non-hydrogen) atoms. The average Bonchev–Trinajstić information content (AvgIpc) is 2.68. The number of nitrogens with one attached hydrogen (secondary N) is 2. The fourth-order valence-electron chi connectivity index (χ4n) is 2.65. The number of hydrogen-bond donors (Lipinski definition) is 2. The van der Waals surface area contributed by atoms with Crippen molar-refractivity contribution in [3.8, 4) is 11.5 Å². The summed E-state index contributed by atoms with van der Waals surface area (Å²) >= 11 is 6.23. The Balaban J connectivity index is 2.18. The number of rotatable bonds is 8. The fourth-order valence-corrected chi connectivity index (χ4v) is 2.95. The Morgan fingerprint density at radius 2 is 1.93 bits per heavy atom. The predicted molar refractivity (Wildman–Crippen MR) is 116 cm³/mol. The monoisotopic (exact) mass is 416 g/mol. The third-order valence-electron chi connectivity index (χ3n) is 4.06. The number of benzene rings is 2. The van der Waals surface area contributed by atoms with Crippen molar-refractivity contribution >= 4 is 35.2 Å². The summed E-state index contributed by atoms with van der Waals surface area (Å²) in [5.74, 6) is 0.446. The zero-order chi connectivity index (χ0) is 21.4. The van der Waals surface area contributed by atoms with E-state index in [0.717, 1.165) is 5.56 Å². The second kappa shape index (κ2) is 10.5. The van der Waals surface area contributed by atoms with Crippen molar-refractivity contribution in [3.05, 3.63) is 58.1 Å². The molecule has 0 fully saturated rings. The van der Waals surface area contributed by atoms with Gasteiger partial charge < -0.3 is 20.1 Å². The molecule has 0 saturated carbocycles. The summed E-state index contributed by atoms with van der Waals surface area (Å²) in [7, 11) is 1.52. The minimum absolute atomic E-state index is 0.185. The van der Waals surface area contributed by atoms with Crippen molar-refractivity contribution < 1.29 is 19.1 Å². The van der Waals surface area contributed by atoms with Crippen LogP contribution in [0.5, 0.6) is 11.5 Å². The number of amides is 2. The molecule has 0 atom stereocenters. The smallest absolute Gasteiger partial charge is 0.251 e. The molecule has 2 aromatic carbocycles. The molecular formula is C22H25ClN2O4. The predicted octanol–water partition coefficient (Wildman–Crippen LogP) is 4.46. The van der Waals surface area contributed by atoms with Crippen molar-refractivity contribution in [1.82, 2.24) is 5.32 Å². The Morgan fingerprint density at radius 3 is 2.59 bits per heavy atom. The summed E-state index contributed by atoms with van der Waals surface area (Å²) in [6.07, 6.45) is 3.03.